The van der Waals surface area contributed by atoms with Gasteiger partial charge in [-0.1, -0.05) is 13.8 Å². The van der Waals surface area contributed by atoms with Gasteiger partial charge in [-0.05, 0) is 57.2 Å². The molecule has 0 radical (unpaired) electrons. The van der Waals surface area contributed by atoms with Crippen molar-refractivity contribution >= 4 is 0 Å². The lowest BCUT2D eigenvalue weighted by atomic mass is 9.91. The van der Waals surface area contributed by atoms with Gasteiger partial charge in [0.25, 0.3) is 0 Å². The molecule has 2 aliphatic rings. The van der Waals surface area contributed by atoms with Crippen molar-refractivity contribution in [1.82, 2.24) is 10.2 Å². The fourth-order valence-corrected chi connectivity index (χ4v) is 2.96. The second kappa shape index (κ2) is 5.37. The van der Waals surface area contributed by atoms with Crippen LogP contribution in [-0.2, 0) is 0 Å². The molecule has 0 amide bonds. The molecule has 0 bridgehead atoms. The highest BCUT2D eigenvalue weighted by atomic mass is 15.2. The van der Waals surface area contributed by atoms with Gasteiger partial charge in [0.15, 0.2) is 0 Å². The predicted octanol–water partition coefficient (Wildman–Crippen LogP) is 2.00. The van der Waals surface area contributed by atoms with Crippen LogP contribution >= 0.6 is 0 Å². The lowest BCUT2D eigenvalue weighted by molar-refractivity contribution is 0.148. The summed E-state index contributed by atoms with van der Waals surface area (Å²) >= 11 is 0. The Hall–Kier alpha value is -0.590. The summed E-state index contributed by atoms with van der Waals surface area (Å²) in [6.07, 6.45) is 5.03. The molecule has 0 aromatic rings. The van der Waals surface area contributed by atoms with Gasteiger partial charge in [-0.2, -0.15) is 5.26 Å². The third kappa shape index (κ3) is 3.00. The maximum Gasteiger partial charge on any atom is 0.122 e. The van der Waals surface area contributed by atoms with E-state index in [9.17, 15) is 5.26 Å². The van der Waals surface area contributed by atoms with Gasteiger partial charge in [0, 0.05) is 6.54 Å². The number of likely N-dealkylation sites (tertiary alicyclic amines) is 1. The van der Waals surface area contributed by atoms with Crippen molar-refractivity contribution in [3.63, 3.8) is 0 Å². The van der Waals surface area contributed by atoms with Gasteiger partial charge in [-0.25, -0.2) is 0 Å². The van der Waals surface area contributed by atoms with Gasteiger partial charge in [-0.3, -0.25) is 5.32 Å². The molecule has 1 aliphatic heterocycles. The number of rotatable bonds is 5. The normalized spacial score (nSPS) is 26.4. The Balaban J connectivity index is 1.95. The molecule has 2 rings (SSSR count). The van der Waals surface area contributed by atoms with Crippen LogP contribution in [0.1, 0.15) is 39.5 Å². The van der Waals surface area contributed by atoms with Crippen molar-refractivity contribution in [2.75, 3.05) is 26.2 Å². The zero-order chi connectivity index (χ0) is 12.3. The van der Waals surface area contributed by atoms with Gasteiger partial charge >= 0.3 is 0 Å². The van der Waals surface area contributed by atoms with E-state index < -0.39 is 0 Å². The van der Waals surface area contributed by atoms with Crippen LogP contribution in [0.2, 0.25) is 0 Å². The summed E-state index contributed by atoms with van der Waals surface area (Å²) in [5, 5.41) is 13.0. The fourth-order valence-electron chi connectivity index (χ4n) is 2.96. The molecule has 0 spiro atoms. The SMILES string of the molecule is CCNC(C#N)(CN1CCC(C)CC1)C1CC1. The second-order valence-electron chi connectivity index (χ2n) is 5.85. The number of hydrogen-bond acceptors (Lipinski definition) is 3. The van der Waals surface area contributed by atoms with Crippen LogP contribution in [0.3, 0.4) is 0 Å². The third-order valence-electron chi connectivity index (χ3n) is 4.32. The summed E-state index contributed by atoms with van der Waals surface area (Å²) in [5.74, 6) is 1.45. The van der Waals surface area contributed by atoms with Crippen LogP contribution in [0, 0.1) is 23.2 Å². The molecule has 1 N–H and O–H groups in total. The zero-order valence-corrected chi connectivity index (χ0v) is 11.2. The largest absolute Gasteiger partial charge is 0.300 e. The molecule has 3 nitrogen and oxygen atoms in total. The first kappa shape index (κ1) is 12.9. The highest BCUT2D eigenvalue weighted by Crippen LogP contribution is 2.40. The number of hydrogen-bond donors (Lipinski definition) is 1. The van der Waals surface area contributed by atoms with Crippen molar-refractivity contribution in [2.45, 2.75) is 45.1 Å². The van der Waals surface area contributed by atoms with Gasteiger partial charge < -0.3 is 4.90 Å². The predicted molar refractivity (Wildman–Crippen MR) is 69.6 cm³/mol. The lowest BCUT2D eigenvalue weighted by Crippen LogP contribution is -2.55. The maximum atomic E-state index is 9.56. The average Bonchev–Trinajstić information content (AvgIpc) is 3.16. The maximum absolute atomic E-state index is 9.56. The Morgan fingerprint density at radius 3 is 2.41 bits per heavy atom. The third-order valence-corrected chi connectivity index (χ3v) is 4.32. The van der Waals surface area contributed by atoms with Crippen molar-refractivity contribution in [3.8, 4) is 6.07 Å². The molecule has 3 heteroatoms. The molecule has 1 saturated heterocycles. The molecule has 1 unspecified atom stereocenters. The quantitative estimate of drug-likeness (QED) is 0.792. The summed E-state index contributed by atoms with van der Waals surface area (Å²) in [5.41, 5.74) is -0.269. The van der Waals surface area contributed by atoms with Crippen molar-refractivity contribution in [3.05, 3.63) is 0 Å². The van der Waals surface area contributed by atoms with Gasteiger partial charge in [0.2, 0.25) is 0 Å². The fraction of sp³-hybridized carbons (Fsp3) is 0.929. The molecule has 96 valence electrons. The molecule has 1 saturated carbocycles. The summed E-state index contributed by atoms with van der Waals surface area (Å²) < 4.78 is 0. The first-order valence-electron chi connectivity index (χ1n) is 7.09. The number of nitrogens with one attached hydrogen (secondary N) is 1. The van der Waals surface area contributed by atoms with Crippen LogP contribution in [0.5, 0.6) is 0 Å². The molecule has 1 heterocycles. The van der Waals surface area contributed by atoms with E-state index in [1.165, 1.54) is 38.8 Å². The van der Waals surface area contributed by atoms with Crippen molar-refractivity contribution < 1.29 is 0 Å². The summed E-state index contributed by atoms with van der Waals surface area (Å²) in [7, 11) is 0. The van der Waals surface area contributed by atoms with Gasteiger partial charge in [0.05, 0.1) is 6.07 Å². The minimum atomic E-state index is -0.269. The molecule has 1 aliphatic carbocycles. The Kier molecular flexibility index (Phi) is 4.06. The van der Waals surface area contributed by atoms with E-state index in [0.29, 0.717) is 5.92 Å². The Morgan fingerprint density at radius 1 is 1.29 bits per heavy atom. The van der Waals surface area contributed by atoms with Crippen LogP contribution in [0.25, 0.3) is 0 Å². The van der Waals surface area contributed by atoms with E-state index in [0.717, 1.165) is 19.0 Å². The van der Waals surface area contributed by atoms with E-state index in [1.807, 2.05) is 0 Å². The monoisotopic (exact) mass is 235 g/mol. The summed E-state index contributed by atoms with van der Waals surface area (Å²) in [6.45, 7) is 8.60. The van der Waals surface area contributed by atoms with Crippen LogP contribution in [-0.4, -0.2) is 36.6 Å². The number of likely N-dealkylation sites (N-methyl/N-ethyl adjacent to an activating group) is 1. The summed E-state index contributed by atoms with van der Waals surface area (Å²) in [4.78, 5) is 2.49. The minimum Gasteiger partial charge on any atom is -0.300 e. The first-order chi connectivity index (χ1) is 8.20. The van der Waals surface area contributed by atoms with E-state index in [1.54, 1.807) is 0 Å². The molecular weight excluding hydrogens is 210 g/mol. The van der Waals surface area contributed by atoms with E-state index in [4.69, 9.17) is 0 Å². The minimum absolute atomic E-state index is 0.269. The van der Waals surface area contributed by atoms with Gasteiger partial charge in [-0.15, -0.1) is 0 Å². The molecule has 0 aromatic carbocycles. The van der Waals surface area contributed by atoms with Crippen LogP contribution in [0.15, 0.2) is 0 Å². The number of nitriles is 1. The standard InChI is InChI=1S/C14H25N3/c1-3-16-14(10-15,13-4-5-13)11-17-8-6-12(2)7-9-17/h12-13,16H,3-9,11H2,1-2H3. The lowest BCUT2D eigenvalue weighted by Gasteiger charge is -2.37. The molecular formula is C14H25N3. The molecule has 0 aromatic heterocycles. The van der Waals surface area contributed by atoms with E-state index in [-0.39, 0.29) is 5.54 Å². The molecule has 1 atom stereocenters. The highest BCUT2D eigenvalue weighted by Gasteiger charge is 2.46. The summed E-state index contributed by atoms with van der Waals surface area (Å²) in [6, 6.07) is 2.58. The van der Waals surface area contributed by atoms with Gasteiger partial charge in [0.1, 0.15) is 5.54 Å². The molecule has 17 heavy (non-hydrogen) atoms. The molecule has 2 fully saturated rings. The van der Waals surface area contributed by atoms with Crippen LogP contribution < -0.4 is 5.32 Å². The van der Waals surface area contributed by atoms with E-state index in [2.05, 4.69) is 30.1 Å². The van der Waals surface area contributed by atoms with Crippen LogP contribution in [0.4, 0.5) is 0 Å². The second-order valence-corrected chi connectivity index (χ2v) is 5.85. The van der Waals surface area contributed by atoms with Crippen molar-refractivity contribution in [1.29, 1.82) is 5.26 Å². The topological polar surface area (TPSA) is 39.1 Å². The number of nitrogens with zero attached hydrogens (tertiary/aromatic N) is 2. The zero-order valence-electron chi connectivity index (χ0n) is 11.2. The Labute approximate surface area is 105 Å². The first-order valence-corrected chi connectivity index (χ1v) is 7.09. The Bertz CT molecular complexity index is 284. The Morgan fingerprint density at radius 2 is 1.94 bits per heavy atom. The highest BCUT2D eigenvalue weighted by molar-refractivity contribution is 5.16. The van der Waals surface area contributed by atoms with E-state index >= 15 is 0 Å². The van der Waals surface area contributed by atoms with Crippen molar-refractivity contribution in [2.24, 2.45) is 11.8 Å². The number of piperidine rings is 1. The average molecular weight is 235 g/mol. The smallest absolute Gasteiger partial charge is 0.122 e.